The quantitative estimate of drug-likeness (QED) is 0.933. The smallest absolute Gasteiger partial charge is 0.312 e. The largest absolute Gasteiger partial charge is 0.481 e. The van der Waals surface area contributed by atoms with Crippen LogP contribution in [0.25, 0.3) is 0 Å². The number of carbonyl (C=O) groups is 1. The van der Waals surface area contributed by atoms with Crippen LogP contribution in [-0.4, -0.2) is 24.3 Å². The summed E-state index contributed by atoms with van der Waals surface area (Å²) in [7, 11) is 0. The number of halogens is 2. The second kappa shape index (κ2) is 4.74. The van der Waals surface area contributed by atoms with Crippen molar-refractivity contribution in [1.82, 2.24) is 0 Å². The van der Waals surface area contributed by atoms with E-state index in [1.807, 2.05) is 0 Å². The van der Waals surface area contributed by atoms with E-state index in [1.165, 1.54) is 6.07 Å². The third-order valence-corrected chi connectivity index (χ3v) is 4.01. The van der Waals surface area contributed by atoms with Gasteiger partial charge in [0.1, 0.15) is 5.82 Å². The minimum absolute atomic E-state index is 0.186. The summed E-state index contributed by atoms with van der Waals surface area (Å²) in [4.78, 5) is 11.3. The van der Waals surface area contributed by atoms with E-state index in [2.05, 4.69) is 15.9 Å². The molecule has 1 aromatic rings. The molecule has 1 aliphatic rings. The average molecular weight is 303 g/mol. The maximum atomic E-state index is 13.4. The van der Waals surface area contributed by atoms with Crippen LogP contribution in [0.15, 0.2) is 22.7 Å². The highest BCUT2D eigenvalue weighted by Crippen LogP contribution is 2.35. The number of benzene rings is 1. The fourth-order valence-electron chi connectivity index (χ4n) is 2.04. The molecule has 1 unspecified atom stereocenters. The summed E-state index contributed by atoms with van der Waals surface area (Å²) in [6.45, 7) is 0.629. The molecule has 0 aromatic heterocycles. The monoisotopic (exact) mass is 302 g/mol. The first-order valence-electron chi connectivity index (χ1n) is 5.29. The highest BCUT2D eigenvalue weighted by atomic mass is 79.9. The van der Waals surface area contributed by atoms with Gasteiger partial charge in [-0.3, -0.25) is 4.79 Å². The molecular weight excluding hydrogens is 291 g/mol. The Morgan fingerprint density at radius 2 is 2.35 bits per heavy atom. The molecule has 0 amide bonds. The standard InChI is InChI=1S/C12H12BrFO3/c13-10-8(2-1-3-9(10)14)6-12(11(15)16)4-5-17-7-12/h1-3H,4-7H2,(H,15,16). The number of ether oxygens (including phenoxy) is 1. The molecule has 17 heavy (non-hydrogen) atoms. The highest BCUT2D eigenvalue weighted by molar-refractivity contribution is 9.10. The Hall–Kier alpha value is -0.940. The lowest BCUT2D eigenvalue weighted by molar-refractivity contribution is -0.148. The molecule has 1 saturated heterocycles. The maximum absolute atomic E-state index is 13.4. The fourth-order valence-corrected chi connectivity index (χ4v) is 2.45. The maximum Gasteiger partial charge on any atom is 0.312 e. The van der Waals surface area contributed by atoms with Gasteiger partial charge in [0.05, 0.1) is 16.5 Å². The van der Waals surface area contributed by atoms with Crippen LogP contribution in [0.3, 0.4) is 0 Å². The van der Waals surface area contributed by atoms with E-state index in [0.717, 1.165) is 0 Å². The van der Waals surface area contributed by atoms with Crippen molar-refractivity contribution in [3.63, 3.8) is 0 Å². The Kier molecular flexibility index (Phi) is 3.49. The molecule has 92 valence electrons. The number of carboxylic acids is 1. The molecule has 0 radical (unpaired) electrons. The van der Waals surface area contributed by atoms with E-state index < -0.39 is 11.4 Å². The van der Waals surface area contributed by atoms with Gasteiger partial charge in [-0.15, -0.1) is 0 Å². The van der Waals surface area contributed by atoms with Gasteiger partial charge < -0.3 is 9.84 Å². The lowest BCUT2D eigenvalue weighted by Crippen LogP contribution is -2.34. The van der Waals surface area contributed by atoms with Gasteiger partial charge >= 0.3 is 5.97 Å². The van der Waals surface area contributed by atoms with Crippen molar-refractivity contribution in [2.75, 3.05) is 13.2 Å². The van der Waals surface area contributed by atoms with Gasteiger partial charge in [-0.25, -0.2) is 4.39 Å². The van der Waals surface area contributed by atoms with Gasteiger partial charge in [-0.05, 0) is 40.4 Å². The third-order valence-electron chi connectivity index (χ3n) is 3.12. The Bertz CT molecular complexity index is 441. The number of hydrogen-bond donors (Lipinski definition) is 1. The first kappa shape index (κ1) is 12.5. The van der Waals surface area contributed by atoms with Gasteiger partial charge in [0.15, 0.2) is 0 Å². The molecule has 2 rings (SSSR count). The van der Waals surface area contributed by atoms with Crippen molar-refractivity contribution in [2.24, 2.45) is 5.41 Å². The molecule has 1 atom stereocenters. The van der Waals surface area contributed by atoms with Crippen LogP contribution in [0.4, 0.5) is 4.39 Å². The minimum Gasteiger partial charge on any atom is -0.481 e. The molecule has 1 aliphatic heterocycles. The van der Waals surface area contributed by atoms with Crippen LogP contribution in [0, 0.1) is 11.2 Å². The zero-order chi connectivity index (χ0) is 12.5. The Morgan fingerprint density at radius 3 is 2.94 bits per heavy atom. The molecule has 0 aliphatic carbocycles. The summed E-state index contributed by atoms with van der Waals surface area (Å²) >= 11 is 3.15. The van der Waals surface area contributed by atoms with Crippen LogP contribution in [-0.2, 0) is 16.0 Å². The van der Waals surface area contributed by atoms with Crippen LogP contribution in [0.5, 0.6) is 0 Å². The molecule has 1 heterocycles. The molecule has 3 nitrogen and oxygen atoms in total. The van der Waals surface area contributed by atoms with Crippen molar-refractivity contribution in [3.8, 4) is 0 Å². The lowest BCUT2D eigenvalue weighted by atomic mass is 9.81. The second-order valence-corrected chi connectivity index (χ2v) is 5.07. The molecular formula is C12H12BrFO3. The summed E-state index contributed by atoms with van der Waals surface area (Å²) in [6.07, 6.45) is 0.742. The van der Waals surface area contributed by atoms with Gasteiger partial charge in [0.2, 0.25) is 0 Å². The van der Waals surface area contributed by atoms with Crippen molar-refractivity contribution < 1.29 is 19.0 Å². The summed E-state index contributed by atoms with van der Waals surface area (Å²) in [5.74, 6) is -1.26. The molecule has 1 N–H and O–H groups in total. The summed E-state index contributed by atoms with van der Waals surface area (Å²) < 4.78 is 18.9. The van der Waals surface area contributed by atoms with Crippen molar-refractivity contribution in [2.45, 2.75) is 12.8 Å². The van der Waals surface area contributed by atoms with Gasteiger partial charge in [-0.2, -0.15) is 0 Å². The molecule has 0 spiro atoms. The van der Waals surface area contributed by atoms with E-state index in [-0.39, 0.29) is 18.8 Å². The summed E-state index contributed by atoms with van der Waals surface area (Å²) in [5, 5.41) is 9.30. The Labute approximate surface area is 107 Å². The van der Waals surface area contributed by atoms with Crippen LogP contribution >= 0.6 is 15.9 Å². The molecule has 1 aromatic carbocycles. The van der Waals surface area contributed by atoms with Crippen LogP contribution < -0.4 is 0 Å². The molecule has 0 saturated carbocycles. The van der Waals surface area contributed by atoms with E-state index in [9.17, 15) is 14.3 Å². The van der Waals surface area contributed by atoms with Crippen molar-refractivity contribution in [1.29, 1.82) is 0 Å². The number of hydrogen-bond acceptors (Lipinski definition) is 2. The van der Waals surface area contributed by atoms with Gasteiger partial charge in [0, 0.05) is 6.61 Å². The Morgan fingerprint density at radius 1 is 1.59 bits per heavy atom. The summed E-state index contributed by atoms with van der Waals surface area (Å²) in [5.41, 5.74) is -0.256. The van der Waals surface area contributed by atoms with Crippen LogP contribution in [0.1, 0.15) is 12.0 Å². The zero-order valence-corrected chi connectivity index (χ0v) is 10.7. The molecule has 0 bridgehead atoms. The number of rotatable bonds is 3. The predicted octanol–water partition coefficient (Wildman–Crippen LogP) is 2.62. The first-order chi connectivity index (χ1) is 8.05. The first-order valence-corrected chi connectivity index (χ1v) is 6.08. The fraction of sp³-hybridized carbons (Fsp3) is 0.417. The normalized spacial score (nSPS) is 23.9. The van der Waals surface area contributed by atoms with E-state index in [1.54, 1.807) is 12.1 Å². The topological polar surface area (TPSA) is 46.5 Å². The van der Waals surface area contributed by atoms with E-state index in [0.29, 0.717) is 23.1 Å². The lowest BCUT2D eigenvalue weighted by Gasteiger charge is -2.22. The van der Waals surface area contributed by atoms with Gasteiger partial charge in [-0.1, -0.05) is 12.1 Å². The Balaban J connectivity index is 2.30. The average Bonchev–Trinajstić information content (AvgIpc) is 2.75. The van der Waals surface area contributed by atoms with Crippen molar-refractivity contribution in [3.05, 3.63) is 34.1 Å². The van der Waals surface area contributed by atoms with Gasteiger partial charge in [0.25, 0.3) is 0 Å². The molecule has 1 fully saturated rings. The number of aliphatic carboxylic acids is 1. The van der Waals surface area contributed by atoms with E-state index in [4.69, 9.17) is 4.74 Å². The summed E-state index contributed by atoms with van der Waals surface area (Å²) in [6, 6.07) is 4.66. The third kappa shape index (κ3) is 2.35. The van der Waals surface area contributed by atoms with Crippen molar-refractivity contribution >= 4 is 21.9 Å². The minimum atomic E-state index is -0.920. The zero-order valence-electron chi connectivity index (χ0n) is 9.08. The van der Waals surface area contributed by atoms with Crippen LogP contribution in [0.2, 0.25) is 0 Å². The molecule has 5 heteroatoms. The number of carboxylic acid groups (broad SMARTS) is 1. The predicted molar refractivity (Wildman–Crippen MR) is 63.3 cm³/mol. The highest BCUT2D eigenvalue weighted by Gasteiger charge is 2.42. The van der Waals surface area contributed by atoms with E-state index >= 15 is 0 Å². The SMILES string of the molecule is O=C(O)C1(Cc2cccc(F)c2Br)CCOC1. The second-order valence-electron chi connectivity index (χ2n) is 4.28.